The summed E-state index contributed by atoms with van der Waals surface area (Å²) in [5.41, 5.74) is 0.674. The van der Waals surface area contributed by atoms with E-state index in [9.17, 15) is 9.59 Å². The molecule has 0 unspecified atom stereocenters. The largest absolute Gasteiger partial charge is 0.495 e. The van der Waals surface area contributed by atoms with E-state index < -0.39 is 6.09 Å². The van der Waals surface area contributed by atoms with E-state index in [1.807, 2.05) is 12.1 Å². The summed E-state index contributed by atoms with van der Waals surface area (Å²) in [6, 6.07) is 7.23. The molecule has 0 aliphatic rings. The predicted molar refractivity (Wildman–Crippen MR) is 76.0 cm³/mol. The summed E-state index contributed by atoms with van der Waals surface area (Å²) in [5.74, 6) is 0.485. The van der Waals surface area contributed by atoms with E-state index >= 15 is 0 Å². The monoisotopic (exact) mass is 280 g/mol. The van der Waals surface area contributed by atoms with Gasteiger partial charge in [0.15, 0.2) is 0 Å². The lowest BCUT2D eigenvalue weighted by molar-refractivity contribution is -0.116. The van der Waals surface area contributed by atoms with E-state index in [2.05, 4.69) is 5.32 Å². The Morgan fingerprint density at radius 1 is 1.30 bits per heavy atom. The highest BCUT2D eigenvalue weighted by atomic mass is 16.5. The van der Waals surface area contributed by atoms with Crippen LogP contribution in [-0.4, -0.2) is 38.8 Å². The Bertz CT molecular complexity index is 462. The molecule has 2 amide bonds. The Kier molecular flexibility index (Phi) is 6.36. The predicted octanol–water partition coefficient (Wildman–Crippen LogP) is 1.79. The number of anilines is 1. The summed E-state index contributed by atoms with van der Waals surface area (Å²) in [6.45, 7) is 4.16. The van der Waals surface area contributed by atoms with Gasteiger partial charge in [-0.3, -0.25) is 4.79 Å². The number of hydrogen-bond donors (Lipinski definition) is 1. The number of ether oxygens (including phenoxy) is 2. The molecule has 1 aromatic carbocycles. The van der Waals surface area contributed by atoms with Crippen molar-refractivity contribution in [3.05, 3.63) is 24.3 Å². The highest BCUT2D eigenvalue weighted by molar-refractivity contribution is 5.93. The Labute approximate surface area is 118 Å². The SMILES string of the molecule is CCOC(=O)NCCN(C(C)=O)c1ccccc1OC. The van der Waals surface area contributed by atoms with E-state index in [-0.39, 0.29) is 5.91 Å². The topological polar surface area (TPSA) is 67.9 Å². The summed E-state index contributed by atoms with van der Waals surface area (Å²) >= 11 is 0. The van der Waals surface area contributed by atoms with Crippen molar-refractivity contribution in [2.75, 3.05) is 31.7 Å². The summed E-state index contributed by atoms with van der Waals surface area (Å²) < 4.78 is 9.99. The molecule has 6 heteroatoms. The van der Waals surface area contributed by atoms with Crippen LogP contribution in [0.25, 0.3) is 0 Å². The molecule has 0 heterocycles. The number of rotatable bonds is 6. The number of benzene rings is 1. The lowest BCUT2D eigenvalue weighted by Gasteiger charge is -2.23. The van der Waals surface area contributed by atoms with Crippen molar-refractivity contribution in [1.82, 2.24) is 5.32 Å². The lowest BCUT2D eigenvalue weighted by Crippen LogP contribution is -2.37. The van der Waals surface area contributed by atoms with Crippen molar-refractivity contribution in [2.24, 2.45) is 0 Å². The second-order valence-corrected chi connectivity index (χ2v) is 3.99. The summed E-state index contributed by atoms with van der Waals surface area (Å²) in [4.78, 5) is 24.5. The average molecular weight is 280 g/mol. The van der Waals surface area contributed by atoms with Crippen LogP contribution in [0.15, 0.2) is 24.3 Å². The molecule has 6 nitrogen and oxygen atoms in total. The molecule has 0 aliphatic heterocycles. The Morgan fingerprint density at radius 3 is 2.60 bits per heavy atom. The first kappa shape index (κ1) is 15.8. The van der Waals surface area contributed by atoms with Crippen LogP contribution in [0.1, 0.15) is 13.8 Å². The molecule has 0 fully saturated rings. The second-order valence-electron chi connectivity index (χ2n) is 3.99. The van der Waals surface area contributed by atoms with Crippen LogP contribution in [0, 0.1) is 0 Å². The van der Waals surface area contributed by atoms with Gasteiger partial charge in [-0.05, 0) is 19.1 Å². The Morgan fingerprint density at radius 2 is 2.00 bits per heavy atom. The molecule has 0 aromatic heterocycles. The first-order chi connectivity index (χ1) is 9.60. The zero-order chi connectivity index (χ0) is 15.0. The van der Waals surface area contributed by atoms with Gasteiger partial charge >= 0.3 is 6.09 Å². The summed E-state index contributed by atoms with van der Waals surface area (Å²) in [7, 11) is 1.55. The molecule has 0 spiro atoms. The Balaban J connectivity index is 2.70. The van der Waals surface area contributed by atoms with Crippen molar-refractivity contribution < 1.29 is 19.1 Å². The number of hydrogen-bond acceptors (Lipinski definition) is 4. The van der Waals surface area contributed by atoms with Crippen LogP contribution >= 0.6 is 0 Å². The number of methoxy groups -OCH3 is 1. The van der Waals surface area contributed by atoms with Gasteiger partial charge < -0.3 is 19.7 Å². The smallest absolute Gasteiger partial charge is 0.407 e. The molecule has 0 atom stereocenters. The minimum absolute atomic E-state index is 0.125. The molecule has 1 rings (SSSR count). The van der Waals surface area contributed by atoms with E-state index in [0.717, 1.165) is 0 Å². The van der Waals surface area contributed by atoms with E-state index in [1.165, 1.54) is 6.92 Å². The van der Waals surface area contributed by atoms with Gasteiger partial charge in [0.25, 0.3) is 0 Å². The van der Waals surface area contributed by atoms with Gasteiger partial charge in [0.05, 0.1) is 19.4 Å². The van der Waals surface area contributed by atoms with Crippen LogP contribution in [0.3, 0.4) is 0 Å². The zero-order valence-electron chi connectivity index (χ0n) is 12.0. The van der Waals surface area contributed by atoms with E-state index in [0.29, 0.717) is 31.1 Å². The molecular formula is C14H20N2O4. The van der Waals surface area contributed by atoms with Crippen molar-refractivity contribution in [3.8, 4) is 5.75 Å². The third-order valence-electron chi connectivity index (χ3n) is 2.64. The molecule has 0 radical (unpaired) electrons. The first-order valence-electron chi connectivity index (χ1n) is 6.41. The van der Waals surface area contributed by atoms with Gasteiger partial charge in [0, 0.05) is 20.0 Å². The van der Waals surface area contributed by atoms with Crippen LogP contribution in [-0.2, 0) is 9.53 Å². The summed E-state index contributed by atoms with van der Waals surface area (Å²) in [5, 5.41) is 2.58. The molecule has 110 valence electrons. The number of amides is 2. The number of alkyl carbamates (subject to hydrolysis) is 1. The molecule has 1 aromatic rings. The van der Waals surface area contributed by atoms with Crippen LogP contribution in [0.2, 0.25) is 0 Å². The second kappa shape index (κ2) is 8.04. The number of para-hydroxylation sites is 2. The van der Waals surface area contributed by atoms with Crippen molar-refractivity contribution in [3.63, 3.8) is 0 Å². The van der Waals surface area contributed by atoms with Gasteiger partial charge in [-0.1, -0.05) is 12.1 Å². The van der Waals surface area contributed by atoms with Crippen molar-refractivity contribution >= 4 is 17.7 Å². The lowest BCUT2D eigenvalue weighted by atomic mass is 10.2. The van der Waals surface area contributed by atoms with Gasteiger partial charge in [-0.25, -0.2) is 4.79 Å². The average Bonchev–Trinajstić information content (AvgIpc) is 2.43. The van der Waals surface area contributed by atoms with Gasteiger partial charge in [-0.15, -0.1) is 0 Å². The van der Waals surface area contributed by atoms with E-state index in [4.69, 9.17) is 9.47 Å². The number of nitrogens with zero attached hydrogens (tertiary/aromatic N) is 1. The fourth-order valence-corrected chi connectivity index (χ4v) is 1.75. The maximum Gasteiger partial charge on any atom is 0.407 e. The maximum atomic E-state index is 11.7. The third-order valence-corrected chi connectivity index (χ3v) is 2.64. The molecule has 1 N–H and O–H groups in total. The fraction of sp³-hybridized carbons (Fsp3) is 0.429. The third kappa shape index (κ3) is 4.46. The minimum atomic E-state index is -0.490. The maximum absolute atomic E-state index is 11.7. The quantitative estimate of drug-likeness (QED) is 0.862. The minimum Gasteiger partial charge on any atom is -0.495 e. The van der Waals surface area contributed by atoms with Gasteiger partial charge in [-0.2, -0.15) is 0 Å². The molecule has 0 aliphatic carbocycles. The highest BCUT2D eigenvalue weighted by Gasteiger charge is 2.15. The normalized spacial score (nSPS) is 9.75. The zero-order valence-corrected chi connectivity index (χ0v) is 12.0. The number of carbonyl (C=O) groups is 2. The Hall–Kier alpha value is -2.24. The molecule has 20 heavy (non-hydrogen) atoms. The molecular weight excluding hydrogens is 260 g/mol. The molecule has 0 saturated carbocycles. The number of nitrogens with one attached hydrogen (secondary N) is 1. The van der Waals surface area contributed by atoms with Crippen LogP contribution in [0.5, 0.6) is 5.75 Å². The first-order valence-corrected chi connectivity index (χ1v) is 6.41. The van der Waals surface area contributed by atoms with E-state index in [1.54, 1.807) is 31.1 Å². The molecule has 0 saturated heterocycles. The van der Waals surface area contributed by atoms with Crippen LogP contribution < -0.4 is 15.0 Å². The summed E-state index contributed by atoms with van der Waals surface area (Å²) in [6.07, 6.45) is -0.490. The van der Waals surface area contributed by atoms with Crippen molar-refractivity contribution in [1.29, 1.82) is 0 Å². The molecule has 0 bridgehead atoms. The fourth-order valence-electron chi connectivity index (χ4n) is 1.75. The highest BCUT2D eigenvalue weighted by Crippen LogP contribution is 2.27. The van der Waals surface area contributed by atoms with Crippen LogP contribution in [0.4, 0.5) is 10.5 Å². The van der Waals surface area contributed by atoms with Gasteiger partial charge in [0.2, 0.25) is 5.91 Å². The van der Waals surface area contributed by atoms with Crippen molar-refractivity contribution in [2.45, 2.75) is 13.8 Å². The number of carbonyl (C=O) groups excluding carboxylic acids is 2. The van der Waals surface area contributed by atoms with Gasteiger partial charge in [0.1, 0.15) is 5.75 Å². The standard InChI is InChI=1S/C14H20N2O4/c1-4-20-14(18)15-9-10-16(11(2)17)12-7-5-6-8-13(12)19-3/h5-8H,4,9-10H2,1-3H3,(H,15,18).